The number of carbonyl (C=O) groups excluding carboxylic acids is 1. The van der Waals surface area contributed by atoms with Gasteiger partial charge in [0.15, 0.2) is 5.78 Å². The first-order chi connectivity index (χ1) is 7.24. The van der Waals surface area contributed by atoms with Crippen molar-refractivity contribution in [3.05, 3.63) is 35.2 Å². The van der Waals surface area contributed by atoms with Crippen molar-refractivity contribution >= 4 is 27.2 Å². The van der Waals surface area contributed by atoms with Gasteiger partial charge in [0.1, 0.15) is 0 Å². The monoisotopic (exact) mass is 219 g/mol. The number of hydrogen-bond acceptors (Lipinski definition) is 3. The molecule has 0 amide bonds. The molecule has 15 heavy (non-hydrogen) atoms. The van der Waals surface area contributed by atoms with Crippen molar-refractivity contribution < 1.29 is 4.79 Å². The zero-order valence-corrected chi connectivity index (χ0v) is 9.60. The number of ketones is 1. The summed E-state index contributed by atoms with van der Waals surface area (Å²) in [5.41, 5.74) is 0.823. The minimum Gasteiger partial charge on any atom is -0.310 e. The molecule has 1 N–H and O–H groups in total. The number of rotatable bonds is 3. The Morgan fingerprint density at radius 2 is 2.20 bits per heavy atom. The molecule has 78 valence electrons. The van der Waals surface area contributed by atoms with Crippen molar-refractivity contribution in [1.29, 1.82) is 0 Å². The first-order valence-corrected chi connectivity index (χ1v) is 5.79. The average molecular weight is 219 g/mol. The SMILES string of the molecule is CNC(C)C(=O)c1cccc2ccsc12. The van der Waals surface area contributed by atoms with Crippen LogP contribution in [0.3, 0.4) is 0 Å². The van der Waals surface area contributed by atoms with Crippen LogP contribution in [0, 0.1) is 0 Å². The van der Waals surface area contributed by atoms with Crippen molar-refractivity contribution in [2.75, 3.05) is 7.05 Å². The van der Waals surface area contributed by atoms with Crippen LogP contribution in [0.15, 0.2) is 29.6 Å². The highest BCUT2D eigenvalue weighted by Gasteiger charge is 2.15. The largest absolute Gasteiger partial charge is 0.310 e. The summed E-state index contributed by atoms with van der Waals surface area (Å²) in [5, 5.41) is 6.14. The van der Waals surface area contributed by atoms with E-state index >= 15 is 0 Å². The van der Waals surface area contributed by atoms with E-state index in [0.717, 1.165) is 15.6 Å². The van der Waals surface area contributed by atoms with Crippen LogP contribution < -0.4 is 5.32 Å². The van der Waals surface area contributed by atoms with Gasteiger partial charge in [0.05, 0.1) is 6.04 Å². The third kappa shape index (κ3) is 1.80. The smallest absolute Gasteiger partial charge is 0.180 e. The van der Waals surface area contributed by atoms with Crippen LogP contribution in [0.2, 0.25) is 0 Å². The van der Waals surface area contributed by atoms with Gasteiger partial charge in [-0.15, -0.1) is 11.3 Å². The highest BCUT2D eigenvalue weighted by Crippen LogP contribution is 2.25. The lowest BCUT2D eigenvalue weighted by Gasteiger charge is -2.09. The van der Waals surface area contributed by atoms with E-state index in [9.17, 15) is 4.79 Å². The van der Waals surface area contributed by atoms with E-state index in [1.54, 1.807) is 18.4 Å². The maximum Gasteiger partial charge on any atom is 0.180 e. The molecule has 2 aromatic rings. The van der Waals surface area contributed by atoms with Crippen molar-refractivity contribution in [3.63, 3.8) is 0 Å². The highest BCUT2D eigenvalue weighted by atomic mass is 32.1. The van der Waals surface area contributed by atoms with E-state index in [0.29, 0.717) is 0 Å². The van der Waals surface area contributed by atoms with E-state index in [-0.39, 0.29) is 11.8 Å². The molecule has 0 spiro atoms. The van der Waals surface area contributed by atoms with Crippen molar-refractivity contribution in [2.45, 2.75) is 13.0 Å². The van der Waals surface area contributed by atoms with Gasteiger partial charge in [-0.2, -0.15) is 0 Å². The highest BCUT2D eigenvalue weighted by molar-refractivity contribution is 7.17. The van der Waals surface area contributed by atoms with Crippen LogP contribution in [-0.4, -0.2) is 18.9 Å². The molecule has 1 aromatic heterocycles. The van der Waals surface area contributed by atoms with Crippen LogP contribution in [0.1, 0.15) is 17.3 Å². The number of likely N-dealkylation sites (N-methyl/N-ethyl adjacent to an activating group) is 1. The molecule has 1 aromatic carbocycles. The Balaban J connectivity index is 2.51. The van der Waals surface area contributed by atoms with E-state index in [1.165, 1.54) is 0 Å². The van der Waals surface area contributed by atoms with Gasteiger partial charge in [0, 0.05) is 10.3 Å². The summed E-state index contributed by atoms with van der Waals surface area (Å²) in [4.78, 5) is 12.0. The van der Waals surface area contributed by atoms with Gasteiger partial charge in [0.2, 0.25) is 0 Å². The summed E-state index contributed by atoms with van der Waals surface area (Å²) in [6, 6.07) is 7.78. The topological polar surface area (TPSA) is 29.1 Å². The minimum atomic E-state index is -0.127. The zero-order valence-electron chi connectivity index (χ0n) is 8.78. The molecule has 0 aliphatic heterocycles. The fraction of sp³-hybridized carbons (Fsp3) is 0.250. The fourth-order valence-corrected chi connectivity index (χ4v) is 2.47. The maximum absolute atomic E-state index is 12.0. The second kappa shape index (κ2) is 4.13. The predicted molar refractivity (Wildman–Crippen MR) is 64.7 cm³/mol. The molecule has 0 aliphatic rings. The van der Waals surface area contributed by atoms with Crippen LogP contribution in [-0.2, 0) is 0 Å². The van der Waals surface area contributed by atoms with Crippen molar-refractivity contribution in [3.8, 4) is 0 Å². The van der Waals surface area contributed by atoms with Gasteiger partial charge < -0.3 is 5.32 Å². The predicted octanol–water partition coefficient (Wildman–Crippen LogP) is 2.69. The molecule has 2 rings (SSSR count). The average Bonchev–Trinajstić information content (AvgIpc) is 2.74. The van der Waals surface area contributed by atoms with Crippen LogP contribution in [0.5, 0.6) is 0 Å². The Kier molecular flexibility index (Phi) is 2.84. The Morgan fingerprint density at radius 3 is 2.93 bits per heavy atom. The summed E-state index contributed by atoms with van der Waals surface area (Å²) < 4.78 is 1.09. The van der Waals surface area contributed by atoms with Crippen molar-refractivity contribution in [2.24, 2.45) is 0 Å². The Morgan fingerprint density at radius 1 is 1.40 bits per heavy atom. The molecule has 0 saturated carbocycles. The van der Waals surface area contributed by atoms with Crippen LogP contribution >= 0.6 is 11.3 Å². The number of Topliss-reactive ketones (excluding diaryl/α,β-unsaturated/α-hetero) is 1. The molecular formula is C12H13NOS. The summed E-state index contributed by atoms with van der Waals surface area (Å²) in [6.45, 7) is 1.88. The minimum absolute atomic E-state index is 0.127. The molecule has 0 saturated heterocycles. The van der Waals surface area contributed by atoms with Crippen LogP contribution in [0.4, 0.5) is 0 Å². The normalized spacial score (nSPS) is 12.9. The third-order valence-electron chi connectivity index (χ3n) is 2.57. The second-order valence-corrected chi connectivity index (χ2v) is 4.44. The Labute approximate surface area is 92.9 Å². The Bertz CT molecular complexity index is 489. The lowest BCUT2D eigenvalue weighted by atomic mass is 10.0. The van der Waals surface area contributed by atoms with Gasteiger partial charge in [-0.25, -0.2) is 0 Å². The quantitative estimate of drug-likeness (QED) is 0.804. The summed E-state index contributed by atoms with van der Waals surface area (Å²) in [6.07, 6.45) is 0. The van der Waals surface area contributed by atoms with Crippen molar-refractivity contribution in [1.82, 2.24) is 5.32 Å². The van der Waals surface area contributed by atoms with Gasteiger partial charge in [-0.05, 0) is 36.9 Å². The maximum atomic E-state index is 12.0. The van der Waals surface area contributed by atoms with Crippen LogP contribution in [0.25, 0.3) is 10.1 Å². The van der Waals surface area contributed by atoms with Gasteiger partial charge in [-0.3, -0.25) is 4.79 Å². The lowest BCUT2D eigenvalue weighted by molar-refractivity contribution is 0.0957. The van der Waals surface area contributed by atoms with E-state index in [4.69, 9.17) is 0 Å². The standard InChI is InChI=1S/C12H13NOS/c1-8(13-2)11(14)10-5-3-4-9-6-7-15-12(9)10/h3-8,13H,1-2H3. The molecular weight excluding hydrogens is 206 g/mol. The lowest BCUT2D eigenvalue weighted by Crippen LogP contribution is -2.30. The number of hydrogen-bond donors (Lipinski definition) is 1. The third-order valence-corrected chi connectivity index (χ3v) is 3.53. The molecule has 1 atom stereocenters. The summed E-state index contributed by atoms with van der Waals surface area (Å²) >= 11 is 1.62. The first-order valence-electron chi connectivity index (χ1n) is 4.91. The first kappa shape index (κ1) is 10.3. The molecule has 0 bridgehead atoms. The number of fused-ring (bicyclic) bond motifs is 1. The molecule has 1 unspecified atom stereocenters. The summed E-state index contributed by atoms with van der Waals surface area (Å²) in [5.74, 6) is 0.158. The molecule has 0 aliphatic carbocycles. The van der Waals surface area contributed by atoms with Gasteiger partial charge in [-0.1, -0.05) is 12.1 Å². The van der Waals surface area contributed by atoms with Gasteiger partial charge in [0.25, 0.3) is 0 Å². The second-order valence-electron chi connectivity index (χ2n) is 3.52. The number of benzene rings is 1. The molecule has 2 nitrogen and oxygen atoms in total. The van der Waals surface area contributed by atoms with Gasteiger partial charge >= 0.3 is 0 Å². The Hall–Kier alpha value is -1.19. The zero-order chi connectivity index (χ0) is 10.8. The number of carbonyl (C=O) groups is 1. The van der Waals surface area contributed by atoms with E-state index < -0.39 is 0 Å². The molecule has 1 heterocycles. The molecule has 0 fully saturated rings. The molecule has 0 radical (unpaired) electrons. The van der Waals surface area contributed by atoms with E-state index in [1.807, 2.05) is 36.6 Å². The number of thiophene rings is 1. The number of nitrogens with one attached hydrogen (secondary N) is 1. The fourth-order valence-electron chi connectivity index (χ4n) is 1.55. The van der Waals surface area contributed by atoms with E-state index in [2.05, 4.69) is 5.32 Å². The summed E-state index contributed by atoms with van der Waals surface area (Å²) in [7, 11) is 1.80. The molecule has 3 heteroatoms.